The van der Waals surface area contributed by atoms with Gasteiger partial charge in [-0.05, 0) is 48.1 Å². The Bertz CT molecular complexity index is 273. The van der Waals surface area contributed by atoms with E-state index in [2.05, 4.69) is 10.2 Å². The highest BCUT2D eigenvalue weighted by Gasteiger charge is 2.70. The van der Waals surface area contributed by atoms with Crippen LogP contribution >= 0.6 is 11.6 Å². The number of alkyl halides is 1. The van der Waals surface area contributed by atoms with Gasteiger partial charge in [-0.3, -0.25) is 0 Å². The molecular formula is C8H9ClN2O. The summed E-state index contributed by atoms with van der Waals surface area (Å²) in [6.45, 7) is 0. The van der Waals surface area contributed by atoms with Gasteiger partial charge in [-0.1, -0.05) is 0 Å². The SMILES string of the molecule is ClC1(O[C@@H]2C3CC4C2[C@H]4C3)N=N1. The van der Waals surface area contributed by atoms with Gasteiger partial charge in [0.25, 0.3) is 0 Å². The molecule has 0 aromatic heterocycles. The fourth-order valence-corrected chi connectivity index (χ4v) is 3.58. The van der Waals surface area contributed by atoms with Crippen LogP contribution in [0.4, 0.5) is 0 Å². The lowest BCUT2D eigenvalue weighted by Gasteiger charge is -2.16. The average molecular weight is 185 g/mol. The first-order chi connectivity index (χ1) is 5.77. The third kappa shape index (κ3) is 0.600. The average Bonchev–Trinajstić information content (AvgIpc) is 2.75. The number of rotatable bonds is 2. The van der Waals surface area contributed by atoms with Crippen molar-refractivity contribution in [2.45, 2.75) is 24.3 Å². The smallest absolute Gasteiger partial charge is 0.316 e. The molecule has 0 aromatic rings. The van der Waals surface area contributed by atoms with Gasteiger partial charge in [-0.25, -0.2) is 0 Å². The summed E-state index contributed by atoms with van der Waals surface area (Å²) in [6, 6.07) is 0. The lowest BCUT2D eigenvalue weighted by molar-refractivity contribution is -0.0149. The van der Waals surface area contributed by atoms with Crippen molar-refractivity contribution in [3.63, 3.8) is 0 Å². The highest BCUT2D eigenvalue weighted by Crippen LogP contribution is 2.72. The summed E-state index contributed by atoms with van der Waals surface area (Å²) in [5.41, 5.74) is 0. The number of halogens is 1. The van der Waals surface area contributed by atoms with Crippen molar-refractivity contribution in [1.82, 2.24) is 0 Å². The second-order valence-electron chi connectivity index (χ2n) is 4.45. The molecule has 4 saturated carbocycles. The summed E-state index contributed by atoms with van der Waals surface area (Å²) in [5, 5.41) is 6.39. The van der Waals surface area contributed by atoms with Gasteiger partial charge >= 0.3 is 5.31 Å². The molecule has 0 amide bonds. The topological polar surface area (TPSA) is 34.0 Å². The molecule has 5 aliphatic rings. The molecule has 3 unspecified atom stereocenters. The Labute approximate surface area is 75.1 Å². The minimum Gasteiger partial charge on any atom is -0.316 e. The number of ether oxygens (including phenoxy) is 1. The van der Waals surface area contributed by atoms with E-state index in [0.717, 1.165) is 23.7 Å². The first-order valence-electron chi connectivity index (χ1n) is 4.58. The molecule has 1 heterocycles. The fraction of sp³-hybridized carbons (Fsp3) is 1.00. The maximum atomic E-state index is 5.84. The van der Waals surface area contributed by atoms with Crippen LogP contribution in [0.2, 0.25) is 0 Å². The summed E-state index contributed by atoms with van der Waals surface area (Å²) >= 11 is 5.84. The van der Waals surface area contributed by atoms with Gasteiger partial charge in [0.2, 0.25) is 0 Å². The lowest BCUT2D eigenvalue weighted by atomic mass is 10.1. The van der Waals surface area contributed by atoms with Crippen LogP contribution in [0.25, 0.3) is 0 Å². The van der Waals surface area contributed by atoms with E-state index in [1.165, 1.54) is 12.8 Å². The van der Waals surface area contributed by atoms with Gasteiger partial charge in [0.05, 0.1) is 6.10 Å². The Hall–Kier alpha value is -0.150. The van der Waals surface area contributed by atoms with Crippen molar-refractivity contribution in [3.05, 3.63) is 0 Å². The highest BCUT2D eigenvalue weighted by molar-refractivity contribution is 6.23. The summed E-state index contributed by atoms with van der Waals surface area (Å²) in [5.74, 6) is 3.53. The Morgan fingerprint density at radius 3 is 2.33 bits per heavy atom. The van der Waals surface area contributed by atoms with E-state index >= 15 is 0 Å². The van der Waals surface area contributed by atoms with E-state index in [4.69, 9.17) is 16.3 Å². The molecule has 0 aromatic carbocycles. The van der Waals surface area contributed by atoms with Gasteiger partial charge < -0.3 is 4.74 Å². The van der Waals surface area contributed by atoms with Gasteiger partial charge in [-0.15, -0.1) is 10.2 Å². The van der Waals surface area contributed by atoms with Crippen LogP contribution in [-0.4, -0.2) is 11.4 Å². The van der Waals surface area contributed by atoms with Crippen LogP contribution in [0.1, 0.15) is 12.8 Å². The van der Waals surface area contributed by atoms with E-state index in [-0.39, 0.29) is 0 Å². The third-order valence-corrected chi connectivity index (χ3v) is 4.18. The zero-order valence-corrected chi connectivity index (χ0v) is 7.24. The van der Waals surface area contributed by atoms with E-state index in [9.17, 15) is 0 Å². The summed E-state index contributed by atoms with van der Waals surface area (Å²) in [4.78, 5) is 0. The Morgan fingerprint density at radius 2 is 1.92 bits per heavy atom. The molecule has 0 saturated heterocycles. The first kappa shape index (κ1) is 6.33. The van der Waals surface area contributed by atoms with Gasteiger partial charge in [0, 0.05) is 0 Å². The maximum Gasteiger partial charge on any atom is 0.375 e. The van der Waals surface area contributed by atoms with E-state index < -0.39 is 5.31 Å². The normalized spacial score (nSPS) is 60.9. The molecule has 0 radical (unpaired) electrons. The van der Waals surface area contributed by atoms with Crippen molar-refractivity contribution in [2.24, 2.45) is 33.9 Å². The van der Waals surface area contributed by atoms with Crippen LogP contribution in [-0.2, 0) is 4.74 Å². The zero-order valence-electron chi connectivity index (χ0n) is 6.48. The molecule has 4 fully saturated rings. The van der Waals surface area contributed by atoms with Gasteiger partial charge in [-0.2, -0.15) is 0 Å². The molecule has 3 nitrogen and oxygen atoms in total. The summed E-state index contributed by atoms with van der Waals surface area (Å²) in [6.07, 6.45) is 3.12. The predicted octanol–water partition coefficient (Wildman–Crippen LogP) is 1.97. The van der Waals surface area contributed by atoms with Crippen molar-refractivity contribution >= 4 is 11.6 Å². The fourth-order valence-electron chi connectivity index (χ4n) is 3.44. The maximum absolute atomic E-state index is 5.84. The largest absolute Gasteiger partial charge is 0.375 e. The number of nitrogens with zero attached hydrogens (tertiary/aromatic N) is 2. The van der Waals surface area contributed by atoms with Crippen molar-refractivity contribution in [3.8, 4) is 0 Å². The molecular weight excluding hydrogens is 176 g/mol. The van der Waals surface area contributed by atoms with Crippen LogP contribution < -0.4 is 0 Å². The molecule has 5 atom stereocenters. The quantitative estimate of drug-likeness (QED) is 0.477. The molecule has 4 heteroatoms. The van der Waals surface area contributed by atoms with Gasteiger partial charge in [0.15, 0.2) is 0 Å². The highest BCUT2D eigenvalue weighted by atomic mass is 35.5. The Morgan fingerprint density at radius 1 is 1.25 bits per heavy atom. The van der Waals surface area contributed by atoms with E-state index in [0.29, 0.717) is 6.10 Å². The second kappa shape index (κ2) is 1.58. The molecule has 4 bridgehead atoms. The van der Waals surface area contributed by atoms with Crippen LogP contribution in [0.15, 0.2) is 10.2 Å². The van der Waals surface area contributed by atoms with Crippen molar-refractivity contribution in [1.29, 1.82) is 0 Å². The monoisotopic (exact) mass is 184 g/mol. The second-order valence-corrected chi connectivity index (χ2v) is 4.94. The molecule has 64 valence electrons. The summed E-state index contributed by atoms with van der Waals surface area (Å²) in [7, 11) is 0. The number of hydrogen-bond donors (Lipinski definition) is 0. The predicted molar refractivity (Wildman–Crippen MR) is 41.5 cm³/mol. The lowest BCUT2D eigenvalue weighted by Crippen LogP contribution is -2.23. The minimum absolute atomic E-state index is 0.382. The minimum atomic E-state index is -0.949. The zero-order chi connectivity index (χ0) is 7.92. The van der Waals surface area contributed by atoms with Crippen molar-refractivity contribution in [2.75, 3.05) is 0 Å². The van der Waals surface area contributed by atoms with Gasteiger partial charge in [0.1, 0.15) is 0 Å². The molecule has 0 spiro atoms. The van der Waals surface area contributed by atoms with Crippen LogP contribution in [0.5, 0.6) is 0 Å². The van der Waals surface area contributed by atoms with E-state index in [1.807, 2.05) is 0 Å². The first-order valence-corrected chi connectivity index (χ1v) is 4.95. The Kier molecular flexibility index (Phi) is 0.830. The molecule has 0 N–H and O–H groups in total. The Balaban J connectivity index is 1.57. The standard InChI is InChI=1S/C8H9ClN2O/c9-8(10-11-8)12-7-3-1-4-5(2-3)6(4)7/h3-7H,1-2H2/t3?,4-,5?,6?,7+/m0/s1. The van der Waals surface area contributed by atoms with Crippen molar-refractivity contribution < 1.29 is 4.74 Å². The number of hydrogen-bond acceptors (Lipinski definition) is 3. The molecule has 5 rings (SSSR count). The molecule has 4 aliphatic carbocycles. The summed E-state index contributed by atoms with van der Waals surface area (Å²) < 4.78 is 5.65. The third-order valence-electron chi connectivity index (χ3n) is 3.93. The molecule has 1 aliphatic heterocycles. The van der Waals surface area contributed by atoms with E-state index in [1.54, 1.807) is 0 Å². The van der Waals surface area contributed by atoms with Crippen LogP contribution in [0.3, 0.4) is 0 Å². The van der Waals surface area contributed by atoms with Crippen LogP contribution in [0, 0.1) is 23.7 Å². The molecule has 12 heavy (non-hydrogen) atoms.